The van der Waals surface area contributed by atoms with Crippen LogP contribution in [0.4, 0.5) is 0 Å². The molecule has 0 aliphatic carbocycles. The Balaban J connectivity index is 0.000000817. The van der Waals surface area contributed by atoms with Crippen molar-refractivity contribution in [2.24, 2.45) is 0 Å². The number of carbonyl (C=O) groups excluding carboxylic acids is 1. The van der Waals surface area contributed by atoms with Gasteiger partial charge in [0, 0.05) is 23.0 Å². The number of amides is 1. The fourth-order valence-corrected chi connectivity index (χ4v) is 2.85. The number of halogens is 1. The maximum atomic E-state index is 11.5. The van der Waals surface area contributed by atoms with Crippen LogP contribution in [0.5, 0.6) is 5.75 Å². The highest BCUT2D eigenvalue weighted by atomic mass is 35.5. The lowest BCUT2D eigenvalue weighted by Gasteiger charge is -2.10. The first kappa shape index (κ1) is 20.2. The van der Waals surface area contributed by atoms with Crippen LogP contribution < -0.4 is 5.32 Å². The molecule has 0 aliphatic rings. The highest BCUT2D eigenvalue weighted by molar-refractivity contribution is 6.31. The number of carboxylic acid groups (broad SMARTS) is 1. The summed E-state index contributed by atoms with van der Waals surface area (Å²) in [5.74, 6) is 0.113. The number of benzene rings is 2. The quantitative estimate of drug-likeness (QED) is 0.598. The number of aromatic hydroxyl groups is 1. The second kappa shape index (κ2) is 9.00. The van der Waals surface area contributed by atoms with Crippen LogP contribution in [0.3, 0.4) is 0 Å². The van der Waals surface area contributed by atoms with Crippen molar-refractivity contribution in [3.05, 3.63) is 58.6 Å². The zero-order valence-corrected chi connectivity index (χ0v) is 15.6. The van der Waals surface area contributed by atoms with Gasteiger partial charge in [-0.25, -0.2) is 4.98 Å². The second-order valence-electron chi connectivity index (χ2n) is 5.79. The number of likely N-dealkylation sites (N-methyl/N-ethyl adjacent to an activating group) is 1. The van der Waals surface area contributed by atoms with Crippen molar-refractivity contribution >= 4 is 34.9 Å². The maximum absolute atomic E-state index is 11.5. The van der Waals surface area contributed by atoms with E-state index in [2.05, 4.69) is 10.3 Å². The Kier molecular flexibility index (Phi) is 6.73. The van der Waals surface area contributed by atoms with E-state index in [1.54, 1.807) is 25.2 Å². The van der Waals surface area contributed by atoms with Crippen molar-refractivity contribution in [1.29, 1.82) is 0 Å². The topological polar surface area (TPSA) is 99.5 Å². The van der Waals surface area contributed by atoms with Crippen LogP contribution in [-0.2, 0) is 16.0 Å². The summed E-state index contributed by atoms with van der Waals surface area (Å²) >= 11 is 6.03. The van der Waals surface area contributed by atoms with Crippen LogP contribution in [0.1, 0.15) is 11.1 Å². The molecule has 0 atom stereocenters. The van der Waals surface area contributed by atoms with Crippen molar-refractivity contribution < 1.29 is 19.8 Å². The summed E-state index contributed by atoms with van der Waals surface area (Å²) in [6, 6.07) is 12.6. The molecule has 0 bridgehead atoms. The largest absolute Gasteiger partial charge is 0.507 e. The lowest BCUT2D eigenvalue weighted by Crippen LogP contribution is -2.19. The summed E-state index contributed by atoms with van der Waals surface area (Å²) in [6.07, 6.45) is 0.336. The first-order valence-electron chi connectivity index (χ1n) is 8.07. The van der Waals surface area contributed by atoms with Gasteiger partial charge in [0.1, 0.15) is 5.75 Å². The van der Waals surface area contributed by atoms with E-state index in [1.807, 2.05) is 31.2 Å². The van der Waals surface area contributed by atoms with E-state index in [-0.39, 0.29) is 18.1 Å². The minimum Gasteiger partial charge on any atom is -0.507 e. The molecule has 7 heteroatoms. The zero-order chi connectivity index (χ0) is 20.0. The Bertz CT molecular complexity index is 989. The van der Waals surface area contributed by atoms with Gasteiger partial charge in [-0.2, -0.15) is 0 Å². The van der Waals surface area contributed by atoms with Crippen LogP contribution in [-0.4, -0.2) is 34.6 Å². The van der Waals surface area contributed by atoms with Gasteiger partial charge in [-0.3, -0.25) is 9.59 Å². The Hall–Kier alpha value is -3.12. The van der Waals surface area contributed by atoms with Gasteiger partial charge in [0.15, 0.2) is 0 Å². The zero-order valence-electron chi connectivity index (χ0n) is 14.9. The molecule has 3 N–H and O–H groups in total. The van der Waals surface area contributed by atoms with Gasteiger partial charge in [-0.1, -0.05) is 17.7 Å². The average molecular weight is 387 g/mol. The molecule has 3 rings (SSSR count). The molecule has 6 nitrogen and oxygen atoms in total. The number of nitrogens with one attached hydrogen (secondary N) is 1. The van der Waals surface area contributed by atoms with Gasteiger partial charge >= 0.3 is 0 Å². The lowest BCUT2D eigenvalue weighted by molar-refractivity contribution is -0.123. The molecule has 2 aromatic carbocycles. The van der Waals surface area contributed by atoms with Crippen molar-refractivity contribution in [2.75, 3.05) is 7.05 Å². The van der Waals surface area contributed by atoms with Crippen molar-refractivity contribution in [1.82, 2.24) is 10.3 Å². The Morgan fingerprint density at radius 2 is 1.93 bits per heavy atom. The number of fused-ring (bicyclic) bond motifs is 1. The molecular formula is C20H19ClN2O4. The van der Waals surface area contributed by atoms with E-state index in [1.165, 1.54) is 0 Å². The molecule has 0 fully saturated rings. The van der Waals surface area contributed by atoms with Crippen LogP contribution >= 0.6 is 11.6 Å². The Morgan fingerprint density at radius 1 is 1.22 bits per heavy atom. The number of hydrogen-bond acceptors (Lipinski definition) is 4. The summed E-state index contributed by atoms with van der Waals surface area (Å²) in [5, 5.41) is 21.1. The second-order valence-corrected chi connectivity index (χ2v) is 6.23. The molecule has 0 radical (unpaired) electrons. The molecule has 0 saturated carbocycles. The number of carbonyl (C=O) groups is 2. The van der Waals surface area contributed by atoms with E-state index >= 15 is 0 Å². The normalized spacial score (nSPS) is 10.0. The molecule has 0 saturated heterocycles. The van der Waals surface area contributed by atoms with Crippen molar-refractivity contribution in [3.63, 3.8) is 0 Å². The highest BCUT2D eigenvalue weighted by Crippen LogP contribution is 2.33. The molecule has 1 aromatic heterocycles. The van der Waals surface area contributed by atoms with Crippen LogP contribution in [0.15, 0.2) is 42.5 Å². The number of pyridine rings is 1. The minimum absolute atomic E-state index is 0.0274. The summed E-state index contributed by atoms with van der Waals surface area (Å²) < 4.78 is 0. The van der Waals surface area contributed by atoms with E-state index in [4.69, 9.17) is 21.5 Å². The Labute approximate surface area is 161 Å². The molecule has 27 heavy (non-hydrogen) atoms. The van der Waals surface area contributed by atoms with E-state index in [9.17, 15) is 9.90 Å². The van der Waals surface area contributed by atoms with Gasteiger partial charge in [-0.05, 0) is 54.4 Å². The summed E-state index contributed by atoms with van der Waals surface area (Å²) in [4.78, 5) is 24.5. The molecule has 1 amide bonds. The van der Waals surface area contributed by atoms with E-state index in [0.29, 0.717) is 22.7 Å². The van der Waals surface area contributed by atoms with Crippen LogP contribution in [0.2, 0.25) is 5.02 Å². The molecule has 3 aromatic rings. The van der Waals surface area contributed by atoms with Gasteiger partial charge < -0.3 is 15.5 Å². The fraction of sp³-hybridized carbons (Fsp3) is 0.150. The third-order valence-corrected chi connectivity index (χ3v) is 4.19. The Morgan fingerprint density at radius 3 is 2.59 bits per heavy atom. The van der Waals surface area contributed by atoms with Crippen LogP contribution in [0.25, 0.3) is 22.2 Å². The standard InChI is InChI=1S/C19H17ClN2O2.CH2O2/c1-11-7-17(15-10-13(20)4-6-18(15)23)22-16-5-3-12(8-14(11)16)9-19(24)21-2;2-1-3/h3-8,10,23H,9H2,1-2H3,(H,21,24);1H,(H,2,3). The number of nitrogens with zero attached hydrogens (tertiary/aromatic N) is 1. The predicted octanol–water partition coefficient (Wildman–Crippen LogP) is 3.56. The molecular weight excluding hydrogens is 368 g/mol. The van der Waals surface area contributed by atoms with Gasteiger partial charge in [-0.15, -0.1) is 0 Å². The first-order chi connectivity index (χ1) is 12.9. The smallest absolute Gasteiger partial charge is 0.290 e. The maximum Gasteiger partial charge on any atom is 0.290 e. The lowest BCUT2D eigenvalue weighted by atomic mass is 10.0. The number of phenolic OH excluding ortho intramolecular Hbond substituents is 1. The number of rotatable bonds is 3. The van der Waals surface area contributed by atoms with Crippen LogP contribution in [0, 0.1) is 6.92 Å². The summed E-state index contributed by atoms with van der Waals surface area (Å²) in [5.41, 5.74) is 4.03. The monoisotopic (exact) mass is 386 g/mol. The van der Waals surface area contributed by atoms with E-state index in [0.717, 1.165) is 22.0 Å². The number of phenols is 1. The number of aryl methyl sites for hydroxylation is 1. The highest BCUT2D eigenvalue weighted by Gasteiger charge is 2.11. The molecule has 0 unspecified atom stereocenters. The average Bonchev–Trinajstić information content (AvgIpc) is 2.64. The molecule has 1 heterocycles. The fourth-order valence-electron chi connectivity index (χ4n) is 2.68. The van der Waals surface area contributed by atoms with Crippen molar-refractivity contribution in [2.45, 2.75) is 13.3 Å². The van der Waals surface area contributed by atoms with Gasteiger partial charge in [0.25, 0.3) is 6.47 Å². The van der Waals surface area contributed by atoms with Crippen molar-refractivity contribution in [3.8, 4) is 17.0 Å². The van der Waals surface area contributed by atoms with E-state index < -0.39 is 0 Å². The molecule has 140 valence electrons. The molecule has 0 spiro atoms. The molecule has 0 aliphatic heterocycles. The number of aromatic nitrogens is 1. The minimum atomic E-state index is -0.250. The van der Waals surface area contributed by atoms with Gasteiger partial charge in [0.2, 0.25) is 5.91 Å². The first-order valence-corrected chi connectivity index (χ1v) is 8.45. The van der Waals surface area contributed by atoms with Gasteiger partial charge in [0.05, 0.1) is 17.6 Å². The summed E-state index contributed by atoms with van der Waals surface area (Å²) in [6.45, 7) is 1.73. The summed E-state index contributed by atoms with van der Waals surface area (Å²) in [7, 11) is 1.62. The number of hydrogen-bond donors (Lipinski definition) is 3. The predicted molar refractivity (Wildman–Crippen MR) is 105 cm³/mol. The SMILES string of the molecule is CNC(=O)Cc1ccc2nc(-c3cc(Cl)ccc3O)cc(C)c2c1.O=CO. The third-order valence-electron chi connectivity index (χ3n) is 3.96. The third kappa shape index (κ3) is 4.95.